The minimum absolute atomic E-state index is 0.0282. The van der Waals surface area contributed by atoms with Gasteiger partial charge in [-0.15, -0.1) is 0 Å². The lowest BCUT2D eigenvalue weighted by atomic mass is 10.1. The Morgan fingerprint density at radius 1 is 1.48 bits per heavy atom. The minimum atomic E-state index is -0.114. The van der Waals surface area contributed by atoms with E-state index in [1.807, 2.05) is 43.5 Å². The highest BCUT2D eigenvalue weighted by Crippen LogP contribution is 2.30. The lowest BCUT2D eigenvalue weighted by Gasteiger charge is -2.20. The van der Waals surface area contributed by atoms with Crippen LogP contribution in [0.25, 0.3) is 6.08 Å². The van der Waals surface area contributed by atoms with Crippen LogP contribution in [0.15, 0.2) is 42.2 Å². The third kappa shape index (κ3) is 4.41. The fraction of sp³-hybridized carbons (Fsp3) is 0.368. The molecule has 0 fully saturated rings. The Hall–Kier alpha value is -2.76. The average molecular weight is 341 g/mol. The van der Waals surface area contributed by atoms with E-state index in [1.165, 1.54) is 0 Å². The molecule has 132 valence electrons. The molecule has 0 unspecified atom stereocenters. The number of carbonyl (C=O) groups excluding carboxylic acids is 1. The first-order chi connectivity index (χ1) is 12.2. The number of benzene rings is 1. The summed E-state index contributed by atoms with van der Waals surface area (Å²) in [7, 11) is 0. The van der Waals surface area contributed by atoms with E-state index < -0.39 is 0 Å². The van der Waals surface area contributed by atoms with Crippen LogP contribution in [0, 0.1) is 0 Å². The molecule has 2 heterocycles. The Labute approximate surface area is 147 Å². The van der Waals surface area contributed by atoms with Crippen molar-refractivity contribution in [1.29, 1.82) is 0 Å². The van der Waals surface area contributed by atoms with Crippen LogP contribution in [-0.2, 0) is 11.3 Å². The summed E-state index contributed by atoms with van der Waals surface area (Å²) in [4.78, 5) is 12.4. The molecule has 0 saturated carbocycles. The van der Waals surface area contributed by atoms with Gasteiger partial charge in [-0.05, 0) is 37.6 Å². The van der Waals surface area contributed by atoms with Crippen molar-refractivity contribution in [2.45, 2.75) is 32.9 Å². The lowest BCUT2D eigenvalue weighted by molar-refractivity contribution is -0.118. The molecule has 0 aliphatic carbocycles. The molecule has 0 radical (unpaired) electrons. The van der Waals surface area contributed by atoms with E-state index in [1.54, 1.807) is 10.9 Å². The van der Waals surface area contributed by atoms with Gasteiger partial charge in [0.1, 0.15) is 18.1 Å². The summed E-state index contributed by atoms with van der Waals surface area (Å²) in [6, 6.07) is 7.52. The molecule has 1 atom stereocenters. The van der Waals surface area contributed by atoms with Crippen LogP contribution in [0.2, 0.25) is 0 Å². The quantitative estimate of drug-likeness (QED) is 0.841. The number of ether oxygens (including phenoxy) is 2. The van der Waals surface area contributed by atoms with E-state index >= 15 is 0 Å². The van der Waals surface area contributed by atoms with Crippen molar-refractivity contribution in [3.05, 3.63) is 47.8 Å². The van der Waals surface area contributed by atoms with Crippen molar-refractivity contribution in [2.24, 2.45) is 0 Å². The molecule has 1 aromatic carbocycles. The fourth-order valence-corrected chi connectivity index (χ4v) is 2.64. The zero-order valence-corrected chi connectivity index (χ0v) is 14.6. The van der Waals surface area contributed by atoms with E-state index in [9.17, 15) is 4.79 Å². The number of nitrogens with zero attached hydrogens (tertiary/aromatic N) is 2. The summed E-state index contributed by atoms with van der Waals surface area (Å²) in [6.07, 6.45) is 6.43. The molecule has 0 bridgehead atoms. The lowest BCUT2D eigenvalue weighted by Crippen LogP contribution is -2.38. The van der Waals surface area contributed by atoms with E-state index in [2.05, 4.69) is 17.3 Å². The standard InChI is InChI=1S/C19H23N3O3/c1-3-9-24-17-6-5-15-10-16(13-25-18(15)11-17)19(23)21-14(2)12-22-8-4-7-20-22/h4-8,10-11,14H,3,9,12-13H2,1-2H3,(H,21,23)/t14-/m1/s1. The summed E-state index contributed by atoms with van der Waals surface area (Å²) in [6.45, 7) is 5.58. The molecular formula is C19H23N3O3. The molecule has 1 N–H and O–H groups in total. The van der Waals surface area contributed by atoms with Gasteiger partial charge in [0.15, 0.2) is 0 Å². The highest BCUT2D eigenvalue weighted by atomic mass is 16.5. The molecule has 25 heavy (non-hydrogen) atoms. The van der Waals surface area contributed by atoms with Crippen LogP contribution < -0.4 is 14.8 Å². The maximum atomic E-state index is 12.4. The van der Waals surface area contributed by atoms with Crippen LogP contribution in [0.1, 0.15) is 25.8 Å². The zero-order valence-electron chi connectivity index (χ0n) is 14.6. The highest BCUT2D eigenvalue weighted by Gasteiger charge is 2.19. The zero-order chi connectivity index (χ0) is 17.6. The van der Waals surface area contributed by atoms with Gasteiger partial charge in [0, 0.05) is 30.1 Å². The van der Waals surface area contributed by atoms with Crippen LogP contribution in [-0.4, -0.2) is 34.9 Å². The molecule has 6 heteroatoms. The first kappa shape index (κ1) is 17.1. The van der Waals surface area contributed by atoms with Crippen molar-refractivity contribution < 1.29 is 14.3 Å². The number of nitrogens with one attached hydrogen (secondary N) is 1. The second kappa shape index (κ2) is 7.88. The molecular weight excluding hydrogens is 318 g/mol. The van der Waals surface area contributed by atoms with E-state index in [-0.39, 0.29) is 18.6 Å². The number of amides is 1. The third-order valence-corrected chi connectivity index (χ3v) is 3.86. The molecule has 6 nitrogen and oxygen atoms in total. The first-order valence-electron chi connectivity index (χ1n) is 8.54. The van der Waals surface area contributed by atoms with Gasteiger partial charge in [-0.25, -0.2) is 0 Å². The SMILES string of the molecule is CCCOc1ccc2c(c1)OCC(C(=O)N[C@H](C)Cn1cccn1)=C2. The average Bonchev–Trinajstić information content (AvgIpc) is 3.12. The van der Waals surface area contributed by atoms with Crippen LogP contribution >= 0.6 is 0 Å². The Balaban J connectivity index is 1.63. The maximum Gasteiger partial charge on any atom is 0.250 e. The molecule has 0 spiro atoms. The molecule has 1 aliphatic heterocycles. The summed E-state index contributed by atoms with van der Waals surface area (Å²) in [5.41, 5.74) is 1.50. The molecule has 1 aliphatic rings. The largest absolute Gasteiger partial charge is 0.493 e. The fourth-order valence-electron chi connectivity index (χ4n) is 2.64. The number of hydrogen-bond acceptors (Lipinski definition) is 4. The first-order valence-corrected chi connectivity index (χ1v) is 8.54. The monoisotopic (exact) mass is 341 g/mol. The third-order valence-electron chi connectivity index (χ3n) is 3.86. The number of aromatic nitrogens is 2. The van der Waals surface area contributed by atoms with E-state index in [0.29, 0.717) is 18.7 Å². The van der Waals surface area contributed by atoms with Crippen molar-refractivity contribution in [1.82, 2.24) is 15.1 Å². The molecule has 1 amide bonds. The summed E-state index contributed by atoms with van der Waals surface area (Å²) in [5.74, 6) is 1.42. The highest BCUT2D eigenvalue weighted by molar-refractivity contribution is 5.99. The van der Waals surface area contributed by atoms with E-state index in [0.717, 1.165) is 23.5 Å². The smallest absolute Gasteiger partial charge is 0.250 e. The van der Waals surface area contributed by atoms with Crippen molar-refractivity contribution in [3.8, 4) is 11.5 Å². The van der Waals surface area contributed by atoms with Gasteiger partial charge in [0.25, 0.3) is 5.91 Å². The predicted octanol–water partition coefficient (Wildman–Crippen LogP) is 2.65. The summed E-state index contributed by atoms with van der Waals surface area (Å²) < 4.78 is 13.1. The van der Waals surface area contributed by atoms with Crippen molar-refractivity contribution in [2.75, 3.05) is 13.2 Å². The summed E-state index contributed by atoms with van der Waals surface area (Å²) in [5, 5.41) is 7.13. The number of rotatable bonds is 7. The molecule has 3 rings (SSSR count). The minimum Gasteiger partial charge on any atom is -0.493 e. The van der Waals surface area contributed by atoms with Crippen molar-refractivity contribution in [3.63, 3.8) is 0 Å². The van der Waals surface area contributed by atoms with Gasteiger partial charge >= 0.3 is 0 Å². The Bertz CT molecular complexity index is 753. The van der Waals surface area contributed by atoms with Gasteiger partial charge in [0.05, 0.1) is 18.7 Å². The number of carbonyl (C=O) groups is 1. The Morgan fingerprint density at radius 2 is 2.36 bits per heavy atom. The van der Waals surface area contributed by atoms with Crippen molar-refractivity contribution >= 4 is 12.0 Å². The second-order valence-corrected chi connectivity index (χ2v) is 6.11. The van der Waals surface area contributed by atoms with Crippen LogP contribution in [0.4, 0.5) is 0 Å². The Morgan fingerprint density at radius 3 is 3.12 bits per heavy atom. The van der Waals surface area contributed by atoms with Crippen LogP contribution in [0.3, 0.4) is 0 Å². The maximum absolute atomic E-state index is 12.4. The number of hydrogen-bond donors (Lipinski definition) is 1. The Kier molecular flexibility index (Phi) is 5.38. The molecule has 2 aromatic rings. The van der Waals surface area contributed by atoms with Gasteiger partial charge in [-0.2, -0.15) is 5.10 Å². The summed E-state index contributed by atoms with van der Waals surface area (Å²) >= 11 is 0. The van der Waals surface area contributed by atoms with Gasteiger partial charge in [-0.1, -0.05) is 6.92 Å². The topological polar surface area (TPSA) is 65.4 Å². The number of fused-ring (bicyclic) bond motifs is 1. The van der Waals surface area contributed by atoms with E-state index in [4.69, 9.17) is 9.47 Å². The molecule has 0 saturated heterocycles. The van der Waals surface area contributed by atoms with Gasteiger partial charge < -0.3 is 14.8 Å². The second-order valence-electron chi connectivity index (χ2n) is 6.11. The normalized spacial score (nSPS) is 14.1. The molecule has 1 aromatic heterocycles. The van der Waals surface area contributed by atoms with Gasteiger partial charge in [-0.3, -0.25) is 9.48 Å². The van der Waals surface area contributed by atoms with Crippen LogP contribution in [0.5, 0.6) is 11.5 Å². The predicted molar refractivity (Wildman–Crippen MR) is 95.5 cm³/mol. The van der Waals surface area contributed by atoms with Gasteiger partial charge in [0.2, 0.25) is 0 Å².